The second-order valence-corrected chi connectivity index (χ2v) is 3.87. The van der Waals surface area contributed by atoms with E-state index in [4.69, 9.17) is 5.73 Å². The molecule has 4 N–H and O–H groups in total. The zero-order chi connectivity index (χ0) is 10.6. The summed E-state index contributed by atoms with van der Waals surface area (Å²) >= 11 is 0. The van der Waals surface area contributed by atoms with Crippen LogP contribution in [0.15, 0.2) is 24.3 Å². The molecule has 3 nitrogen and oxygen atoms in total. The topological polar surface area (TPSA) is 66.5 Å². The highest BCUT2D eigenvalue weighted by molar-refractivity contribution is 5.27. The van der Waals surface area contributed by atoms with Crippen LogP contribution in [0.2, 0.25) is 0 Å². The Morgan fingerprint density at radius 3 is 2.71 bits per heavy atom. The fourth-order valence-corrected chi connectivity index (χ4v) is 1.23. The summed E-state index contributed by atoms with van der Waals surface area (Å²) in [5, 5.41) is 18.9. The molecule has 0 heterocycles. The number of rotatable bonds is 4. The summed E-state index contributed by atoms with van der Waals surface area (Å²) in [6.07, 6.45) is 1.32. The summed E-state index contributed by atoms with van der Waals surface area (Å²) in [5.41, 5.74) is 5.60. The highest BCUT2D eigenvalue weighted by Crippen LogP contribution is 2.16. The van der Waals surface area contributed by atoms with Crippen molar-refractivity contribution < 1.29 is 10.2 Å². The molecule has 1 rings (SSSR count). The van der Waals surface area contributed by atoms with Gasteiger partial charge in [-0.05, 0) is 37.5 Å². The molecule has 78 valence electrons. The fourth-order valence-electron chi connectivity index (χ4n) is 1.23. The van der Waals surface area contributed by atoms with Crippen molar-refractivity contribution in [2.24, 2.45) is 5.73 Å². The smallest absolute Gasteiger partial charge is 0.115 e. The third-order valence-corrected chi connectivity index (χ3v) is 2.30. The van der Waals surface area contributed by atoms with Crippen LogP contribution < -0.4 is 5.73 Å². The number of benzene rings is 1. The molecule has 1 aromatic rings. The van der Waals surface area contributed by atoms with Gasteiger partial charge in [-0.3, -0.25) is 0 Å². The van der Waals surface area contributed by atoms with Gasteiger partial charge in [0.2, 0.25) is 0 Å². The number of phenolic OH excluding ortho intramolecular Hbond substituents is 1. The van der Waals surface area contributed by atoms with Gasteiger partial charge in [0.1, 0.15) is 5.75 Å². The van der Waals surface area contributed by atoms with Gasteiger partial charge in [0, 0.05) is 6.54 Å². The van der Waals surface area contributed by atoms with Crippen LogP contribution in [-0.2, 0) is 6.42 Å². The summed E-state index contributed by atoms with van der Waals surface area (Å²) in [5.74, 6) is 0.259. The van der Waals surface area contributed by atoms with E-state index in [1.165, 1.54) is 0 Å². The van der Waals surface area contributed by atoms with E-state index in [-0.39, 0.29) is 12.3 Å². The standard InChI is InChI=1S/C11H17NO2/c1-11(14,8-12)6-5-9-3-2-4-10(13)7-9/h2-4,7,13-14H,5-6,8,12H2,1H3. The van der Waals surface area contributed by atoms with Crippen LogP contribution in [-0.4, -0.2) is 22.4 Å². The zero-order valence-corrected chi connectivity index (χ0v) is 8.40. The summed E-state index contributed by atoms with van der Waals surface area (Å²) in [4.78, 5) is 0. The number of nitrogens with two attached hydrogens (primary N) is 1. The van der Waals surface area contributed by atoms with Crippen molar-refractivity contribution in [1.29, 1.82) is 0 Å². The van der Waals surface area contributed by atoms with E-state index in [1.807, 2.05) is 6.07 Å². The molecule has 1 atom stereocenters. The lowest BCUT2D eigenvalue weighted by molar-refractivity contribution is 0.0603. The van der Waals surface area contributed by atoms with E-state index in [2.05, 4.69) is 0 Å². The van der Waals surface area contributed by atoms with Crippen molar-refractivity contribution in [2.75, 3.05) is 6.54 Å². The molecule has 0 aromatic heterocycles. The Morgan fingerprint density at radius 1 is 1.43 bits per heavy atom. The van der Waals surface area contributed by atoms with Crippen molar-refractivity contribution in [3.63, 3.8) is 0 Å². The van der Waals surface area contributed by atoms with Crippen LogP contribution in [0.4, 0.5) is 0 Å². The molecule has 0 spiro atoms. The van der Waals surface area contributed by atoms with Gasteiger partial charge >= 0.3 is 0 Å². The first-order chi connectivity index (χ1) is 6.53. The van der Waals surface area contributed by atoms with Crippen molar-refractivity contribution in [3.05, 3.63) is 29.8 Å². The van der Waals surface area contributed by atoms with Gasteiger partial charge in [-0.15, -0.1) is 0 Å². The van der Waals surface area contributed by atoms with Crippen molar-refractivity contribution >= 4 is 0 Å². The number of phenols is 1. The summed E-state index contributed by atoms with van der Waals surface area (Å²) < 4.78 is 0. The van der Waals surface area contributed by atoms with Gasteiger partial charge in [-0.2, -0.15) is 0 Å². The minimum atomic E-state index is -0.814. The molecular weight excluding hydrogens is 178 g/mol. The molecule has 3 heteroatoms. The van der Waals surface area contributed by atoms with Crippen molar-refractivity contribution in [2.45, 2.75) is 25.4 Å². The van der Waals surface area contributed by atoms with Crippen LogP contribution >= 0.6 is 0 Å². The van der Waals surface area contributed by atoms with Crippen molar-refractivity contribution in [1.82, 2.24) is 0 Å². The molecule has 1 aromatic carbocycles. The predicted octanol–water partition coefficient (Wildman–Crippen LogP) is 1.03. The lowest BCUT2D eigenvalue weighted by Crippen LogP contribution is -2.34. The third-order valence-electron chi connectivity index (χ3n) is 2.30. The number of hydrogen-bond donors (Lipinski definition) is 3. The fraction of sp³-hybridized carbons (Fsp3) is 0.455. The lowest BCUT2D eigenvalue weighted by Gasteiger charge is -2.20. The Labute approximate surface area is 84.2 Å². The molecule has 0 fully saturated rings. The van der Waals surface area contributed by atoms with E-state index < -0.39 is 5.60 Å². The molecule has 0 saturated carbocycles. The molecule has 14 heavy (non-hydrogen) atoms. The molecule has 0 aliphatic rings. The van der Waals surface area contributed by atoms with Gasteiger partial charge in [-0.1, -0.05) is 12.1 Å². The average molecular weight is 195 g/mol. The van der Waals surface area contributed by atoms with Gasteiger partial charge in [0.05, 0.1) is 5.60 Å². The SMILES string of the molecule is CC(O)(CN)CCc1cccc(O)c1. The largest absolute Gasteiger partial charge is 0.508 e. The Bertz CT molecular complexity index is 297. The lowest BCUT2D eigenvalue weighted by atomic mass is 9.97. The third kappa shape index (κ3) is 3.36. The molecule has 0 aliphatic carbocycles. The number of aliphatic hydroxyl groups is 1. The van der Waals surface area contributed by atoms with Gasteiger partial charge < -0.3 is 15.9 Å². The maximum Gasteiger partial charge on any atom is 0.115 e. The first kappa shape index (κ1) is 11.0. The van der Waals surface area contributed by atoms with Crippen LogP contribution in [0.5, 0.6) is 5.75 Å². The molecular formula is C11H17NO2. The van der Waals surface area contributed by atoms with Gasteiger partial charge in [-0.25, -0.2) is 0 Å². The van der Waals surface area contributed by atoms with Gasteiger partial charge in [0.25, 0.3) is 0 Å². The maximum atomic E-state index is 9.67. The van der Waals surface area contributed by atoms with Crippen LogP contribution in [0, 0.1) is 0 Å². The van der Waals surface area contributed by atoms with E-state index in [1.54, 1.807) is 25.1 Å². The minimum absolute atomic E-state index is 0.256. The monoisotopic (exact) mass is 195 g/mol. The molecule has 1 unspecified atom stereocenters. The van der Waals surface area contributed by atoms with E-state index >= 15 is 0 Å². The summed E-state index contributed by atoms with van der Waals surface area (Å²) in [6.45, 7) is 1.97. The quantitative estimate of drug-likeness (QED) is 0.672. The second kappa shape index (κ2) is 4.44. The predicted molar refractivity (Wildman–Crippen MR) is 56.1 cm³/mol. The first-order valence-corrected chi connectivity index (χ1v) is 4.74. The maximum absolute atomic E-state index is 9.67. The van der Waals surface area contributed by atoms with E-state index in [0.717, 1.165) is 12.0 Å². The highest BCUT2D eigenvalue weighted by atomic mass is 16.3. The molecule has 0 amide bonds. The average Bonchev–Trinajstić information content (AvgIpc) is 2.15. The summed E-state index contributed by atoms with van der Waals surface area (Å²) in [6, 6.07) is 7.05. The van der Waals surface area contributed by atoms with Crippen LogP contribution in [0.3, 0.4) is 0 Å². The Kier molecular flexibility index (Phi) is 3.49. The normalized spacial score (nSPS) is 15.1. The Morgan fingerprint density at radius 2 is 2.14 bits per heavy atom. The Hall–Kier alpha value is -1.06. The number of aryl methyl sites for hydroxylation is 1. The highest BCUT2D eigenvalue weighted by Gasteiger charge is 2.17. The first-order valence-electron chi connectivity index (χ1n) is 4.74. The van der Waals surface area contributed by atoms with E-state index in [0.29, 0.717) is 6.42 Å². The molecule has 0 radical (unpaired) electrons. The minimum Gasteiger partial charge on any atom is -0.508 e. The van der Waals surface area contributed by atoms with E-state index in [9.17, 15) is 10.2 Å². The van der Waals surface area contributed by atoms with Crippen molar-refractivity contribution in [3.8, 4) is 5.75 Å². The molecule has 0 aliphatic heterocycles. The molecule has 0 bridgehead atoms. The molecule has 0 saturated heterocycles. The van der Waals surface area contributed by atoms with Gasteiger partial charge in [0.15, 0.2) is 0 Å². The number of hydrogen-bond acceptors (Lipinski definition) is 3. The van der Waals surface area contributed by atoms with Crippen LogP contribution in [0.25, 0.3) is 0 Å². The second-order valence-electron chi connectivity index (χ2n) is 3.87. The number of aromatic hydroxyl groups is 1. The Balaban J connectivity index is 2.54. The zero-order valence-electron chi connectivity index (χ0n) is 8.40. The van der Waals surface area contributed by atoms with Crippen LogP contribution in [0.1, 0.15) is 18.9 Å². The summed E-state index contributed by atoms with van der Waals surface area (Å²) in [7, 11) is 0.